The highest BCUT2D eigenvalue weighted by Crippen LogP contribution is 2.30. The molecule has 1 heterocycles. The van der Waals surface area contributed by atoms with Gasteiger partial charge in [0.1, 0.15) is 23.5 Å². The molecule has 0 aliphatic carbocycles. The van der Waals surface area contributed by atoms with Crippen molar-refractivity contribution < 1.29 is 28.2 Å². The predicted molar refractivity (Wildman–Crippen MR) is 153 cm³/mol. The molecule has 206 valence electrons. The van der Waals surface area contributed by atoms with Crippen molar-refractivity contribution in [1.82, 2.24) is 5.32 Å². The molecule has 0 radical (unpaired) electrons. The van der Waals surface area contributed by atoms with Gasteiger partial charge >= 0.3 is 11.6 Å². The van der Waals surface area contributed by atoms with E-state index in [4.69, 9.17) is 18.6 Å². The van der Waals surface area contributed by atoms with Crippen molar-refractivity contribution in [2.75, 3.05) is 13.7 Å². The quantitative estimate of drug-likeness (QED) is 0.0837. The molecule has 0 atom stereocenters. The Bertz CT molecular complexity index is 1600. The van der Waals surface area contributed by atoms with E-state index >= 15 is 0 Å². The fraction of sp³-hybridized carbons (Fsp3) is 0.219. The number of methoxy groups -OCH3 is 1. The van der Waals surface area contributed by atoms with Crippen LogP contribution in [0.5, 0.6) is 17.2 Å². The molecule has 3 aromatic carbocycles. The van der Waals surface area contributed by atoms with Crippen LogP contribution in [-0.4, -0.2) is 25.5 Å². The highest BCUT2D eigenvalue weighted by Gasteiger charge is 2.14. The van der Waals surface area contributed by atoms with Crippen molar-refractivity contribution >= 4 is 28.9 Å². The maximum Gasteiger partial charge on any atom is 0.349 e. The van der Waals surface area contributed by atoms with Gasteiger partial charge in [-0.15, -0.1) is 0 Å². The van der Waals surface area contributed by atoms with Crippen LogP contribution in [0, 0.1) is 6.92 Å². The smallest absolute Gasteiger partial charge is 0.349 e. The minimum absolute atomic E-state index is 0.0710. The SMILES string of the molecule is CCCCNC(=O)c1cc2ccc(OC(=O)/C=C/c3ccc(OCc4ccccc4C)c(OC)c3)cc2oc1=O. The number of unbranched alkanes of at least 4 members (excludes halogenated alkanes) is 1. The summed E-state index contributed by atoms with van der Waals surface area (Å²) < 4.78 is 22.1. The Labute approximate surface area is 232 Å². The molecule has 0 unspecified atom stereocenters. The fourth-order valence-corrected chi connectivity index (χ4v) is 3.94. The molecular weight excluding hydrogens is 510 g/mol. The van der Waals surface area contributed by atoms with E-state index < -0.39 is 17.5 Å². The Kier molecular flexibility index (Phi) is 9.35. The van der Waals surface area contributed by atoms with Crippen molar-refractivity contribution in [3.05, 3.63) is 105 Å². The van der Waals surface area contributed by atoms with E-state index in [1.54, 1.807) is 43.5 Å². The highest BCUT2D eigenvalue weighted by molar-refractivity contribution is 5.97. The number of amides is 1. The number of fused-ring (bicyclic) bond motifs is 1. The maximum absolute atomic E-state index is 12.5. The third-order valence-electron chi connectivity index (χ3n) is 6.23. The van der Waals surface area contributed by atoms with E-state index in [1.807, 2.05) is 38.1 Å². The molecule has 8 nitrogen and oxygen atoms in total. The Balaban J connectivity index is 1.40. The fourth-order valence-electron chi connectivity index (χ4n) is 3.94. The summed E-state index contributed by atoms with van der Waals surface area (Å²) in [5.74, 6) is 0.222. The van der Waals surface area contributed by atoms with Gasteiger partial charge in [0.05, 0.1) is 7.11 Å². The zero-order valence-corrected chi connectivity index (χ0v) is 22.7. The first-order valence-corrected chi connectivity index (χ1v) is 13.0. The van der Waals surface area contributed by atoms with Crippen LogP contribution in [0.3, 0.4) is 0 Å². The molecule has 40 heavy (non-hydrogen) atoms. The number of nitrogens with one attached hydrogen (secondary N) is 1. The number of aryl methyl sites for hydroxylation is 1. The van der Waals surface area contributed by atoms with Crippen LogP contribution in [0.1, 0.15) is 46.8 Å². The van der Waals surface area contributed by atoms with Crippen molar-refractivity contribution in [3.8, 4) is 17.2 Å². The van der Waals surface area contributed by atoms with Gasteiger partial charge in [-0.3, -0.25) is 4.79 Å². The lowest BCUT2D eigenvalue weighted by atomic mass is 10.1. The van der Waals surface area contributed by atoms with Crippen LogP contribution >= 0.6 is 0 Å². The number of rotatable bonds is 11. The Morgan fingerprint density at radius 2 is 1.82 bits per heavy atom. The van der Waals surface area contributed by atoms with Gasteiger partial charge in [0, 0.05) is 24.1 Å². The maximum atomic E-state index is 12.5. The summed E-state index contributed by atoms with van der Waals surface area (Å²) >= 11 is 0. The predicted octanol–water partition coefficient (Wildman–Crippen LogP) is 5.84. The summed E-state index contributed by atoms with van der Waals surface area (Å²) in [7, 11) is 1.55. The second-order valence-electron chi connectivity index (χ2n) is 9.14. The Morgan fingerprint density at radius 1 is 1.00 bits per heavy atom. The molecule has 0 aliphatic heterocycles. The monoisotopic (exact) mass is 541 g/mol. The van der Waals surface area contributed by atoms with E-state index in [2.05, 4.69) is 5.32 Å². The number of hydrogen-bond donors (Lipinski definition) is 1. The van der Waals surface area contributed by atoms with Crippen LogP contribution in [0.25, 0.3) is 17.0 Å². The second kappa shape index (κ2) is 13.3. The lowest BCUT2D eigenvalue weighted by molar-refractivity contribution is -0.128. The summed E-state index contributed by atoms with van der Waals surface area (Å²) in [6.07, 6.45) is 4.62. The topological polar surface area (TPSA) is 104 Å². The molecule has 8 heteroatoms. The van der Waals surface area contributed by atoms with E-state index in [0.717, 1.165) is 24.0 Å². The number of carbonyl (C=O) groups is 2. The average Bonchev–Trinajstić information content (AvgIpc) is 2.95. The van der Waals surface area contributed by atoms with Crippen LogP contribution < -0.4 is 25.2 Å². The summed E-state index contributed by atoms with van der Waals surface area (Å²) in [6.45, 7) is 4.93. The molecule has 0 aliphatic rings. The minimum Gasteiger partial charge on any atom is -0.493 e. The van der Waals surface area contributed by atoms with Gasteiger partial charge in [0.25, 0.3) is 5.91 Å². The van der Waals surface area contributed by atoms with Gasteiger partial charge in [0.2, 0.25) is 0 Å². The van der Waals surface area contributed by atoms with E-state index in [1.165, 1.54) is 18.2 Å². The number of ether oxygens (including phenoxy) is 3. The number of carbonyl (C=O) groups excluding carboxylic acids is 2. The average molecular weight is 542 g/mol. The first kappa shape index (κ1) is 28.2. The van der Waals surface area contributed by atoms with E-state index in [0.29, 0.717) is 35.6 Å². The van der Waals surface area contributed by atoms with Gasteiger partial charge in [-0.1, -0.05) is 43.7 Å². The third kappa shape index (κ3) is 7.17. The Hall–Kier alpha value is -4.85. The van der Waals surface area contributed by atoms with Crippen molar-refractivity contribution in [3.63, 3.8) is 0 Å². The van der Waals surface area contributed by atoms with Gasteiger partial charge in [-0.2, -0.15) is 0 Å². The van der Waals surface area contributed by atoms with Crippen molar-refractivity contribution in [1.29, 1.82) is 0 Å². The van der Waals surface area contributed by atoms with Crippen LogP contribution in [0.4, 0.5) is 0 Å². The number of esters is 1. The normalized spacial score (nSPS) is 11.0. The molecule has 1 amide bonds. The molecule has 0 fully saturated rings. The molecule has 4 aromatic rings. The molecule has 0 bridgehead atoms. The summed E-state index contributed by atoms with van der Waals surface area (Å²) in [5.41, 5.74) is 2.31. The largest absolute Gasteiger partial charge is 0.493 e. The molecule has 1 N–H and O–H groups in total. The lowest BCUT2D eigenvalue weighted by Crippen LogP contribution is -2.28. The summed E-state index contributed by atoms with van der Waals surface area (Å²) in [6, 6.07) is 19.4. The number of hydrogen-bond acceptors (Lipinski definition) is 7. The van der Waals surface area contributed by atoms with Crippen LogP contribution in [0.2, 0.25) is 0 Å². The third-order valence-corrected chi connectivity index (χ3v) is 6.23. The van der Waals surface area contributed by atoms with Crippen molar-refractivity contribution in [2.45, 2.75) is 33.3 Å². The van der Waals surface area contributed by atoms with Gasteiger partial charge < -0.3 is 23.9 Å². The minimum atomic E-state index is -0.759. The van der Waals surface area contributed by atoms with E-state index in [-0.39, 0.29) is 16.9 Å². The standard InChI is InChI=1S/C32H31NO7/c1-4-5-16-33-31(35)26-18-23-12-13-25(19-28(23)40-32(26)36)39-30(34)15-11-22-10-14-27(29(17-22)37-3)38-20-24-9-7-6-8-21(24)2/h6-15,17-19H,4-5,16,20H2,1-3H3,(H,33,35)/b15-11+. The van der Waals surface area contributed by atoms with Gasteiger partial charge in [-0.05, 0) is 66.4 Å². The van der Waals surface area contributed by atoms with E-state index in [9.17, 15) is 14.4 Å². The zero-order valence-electron chi connectivity index (χ0n) is 22.7. The molecule has 0 saturated carbocycles. The molecule has 4 rings (SSSR count). The first-order valence-electron chi connectivity index (χ1n) is 13.0. The second-order valence-corrected chi connectivity index (χ2v) is 9.14. The van der Waals surface area contributed by atoms with Gasteiger partial charge in [0.15, 0.2) is 11.5 Å². The highest BCUT2D eigenvalue weighted by atomic mass is 16.5. The van der Waals surface area contributed by atoms with Crippen molar-refractivity contribution in [2.24, 2.45) is 0 Å². The number of benzene rings is 3. The molecular formula is C32H31NO7. The summed E-state index contributed by atoms with van der Waals surface area (Å²) in [4.78, 5) is 37.1. The first-order chi connectivity index (χ1) is 19.4. The van der Waals surface area contributed by atoms with Crippen LogP contribution in [-0.2, 0) is 11.4 Å². The zero-order chi connectivity index (χ0) is 28.5. The molecule has 0 spiro atoms. The van der Waals surface area contributed by atoms with Gasteiger partial charge in [-0.25, -0.2) is 9.59 Å². The molecule has 0 saturated heterocycles. The van der Waals surface area contributed by atoms with Crippen LogP contribution in [0.15, 0.2) is 82.0 Å². The lowest BCUT2D eigenvalue weighted by Gasteiger charge is -2.12. The Morgan fingerprint density at radius 3 is 2.60 bits per heavy atom. The molecule has 1 aromatic heterocycles. The summed E-state index contributed by atoms with van der Waals surface area (Å²) in [5, 5.41) is 3.24.